The summed E-state index contributed by atoms with van der Waals surface area (Å²) in [6.45, 7) is 3.16. The molecule has 1 nitrogen and oxygen atoms in total. The molecule has 0 amide bonds. The maximum atomic E-state index is 3.49. The zero-order chi connectivity index (χ0) is 14.2. The Bertz CT molecular complexity index is 548. The molecule has 2 rings (SSSR count). The standard InChI is InChI=1S/C18H21NSe/c1-15-9-5-6-13-17(15)18(20)19-14-8-7-12-16-10-3-2-4-11-16/h2-6,9-11,13H,7-8,12,14H2,1H3,(H,19,20). The van der Waals surface area contributed by atoms with E-state index >= 15 is 0 Å². The fraction of sp³-hybridized carbons (Fsp3) is 0.278. The number of aryl methyl sites for hydroxylation is 2. The molecule has 2 heteroatoms. The Labute approximate surface area is 129 Å². The van der Waals surface area contributed by atoms with E-state index in [1.54, 1.807) is 0 Å². The van der Waals surface area contributed by atoms with Gasteiger partial charge in [0.25, 0.3) is 0 Å². The molecule has 0 saturated carbocycles. The van der Waals surface area contributed by atoms with Gasteiger partial charge < -0.3 is 0 Å². The number of rotatable bonds is 7. The van der Waals surface area contributed by atoms with Crippen molar-refractivity contribution in [1.82, 2.24) is 5.32 Å². The molecule has 0 atom stereocenters. The van der Waals surface area contributed by atoms with Crippen LogP contribution in [0.5, 0.6) is 0 Å². The van der Waals surface area contributed by atoms with Crippen LogP contribution in [0.4, 0.5) is 0 Å². The zero-order valence-electron chi connectivity index (χ0n) is 11.9. The molecule has 0 aliphatic rings. The number of nitrogens with one attached hydrogen (secondary N) is 1. The van der Waals surface area contributed by atoms with Crippen molar-refractivity contribution >= 4 is 20.1 Å². The first-order valence-corrected chi connectivity index (χ1v) is 8.01. The van der Waals surface area contributed by atoms with Crippen LogP contribution in [0.15, 0.2) is 54.6 Å². The van der Waals surface area contributed by atoms with Crippen LogP contribution in [-0.2, 0) is 6.42 Å². The van der Waals surface area contributed by atoms with Gasteiger partial charge in [0.1, 0.15) is 0 Å². The van der Waals surface area contributed by atoms with Crippen molar-refractivity contribution in [3.8, 4) is 0 Å². The van der Waals surface area contributed by atoms with Gasteiger partial charge in [-0.15, -0.1) is 0 Å². The molecule has 1 N–H and O–H groups in total. The summed E-state index contributed by atoms with van der Waals surface area (Å²) in [6, 6.07) is 19.1. The van der Waals surface area contributed by atoms with Gasteiger partial charge in [-0.1, -0.05) is 0 Å². The minimum absolute atomic E-state index is 1.02. The van der Waals surface area contributed by atoms with Crippen LogP contribution in [0.25, 0.3) is 0 Å². The molecule has 0 aliphatic heterocycles. The molecule has 0 aromatic heterocycles. The summed E-state index contributed by atoms with van der Waals surface area (Å²) >= 11 is 3.15. The monoisotopic (exact) mass is 331 g/mol. The van der Waals surface area contributed by atoms with Crippen LogP contribution in [0.3, 0.4) is 0 Å². The van der Waals surface area contributed by atoms with E-state index in [1.807, 2.05) is 0 Å². The van der Waals surface area contributed by atoms with Crippen molar-refractivity contribution < 1.29 is 0 Å². The van der Waals surface area contributed by atoms with E-state index in [9.17, 15) is 0 Å². The van der Waals surface area contributed by atoms with Crippen LogP contribution >= 0.6 is 0 Å². The van der Waals surface area contributed by atoms with Crippen molar-refractivity contribution in [2.24, 2.45) is 0 Å². The van der Waals surface area contributed by atoms with Gasteiger partial charge in [0.2, 0.25) is 0 Å². The molecule has 104 valence electrons. The Morgan fingerprint density at radius 3 is 2.40 bits per heavy atom. The Kier molecular flexibility index (Phi) is 6.04. The summed E-state index contributed by atoms with van der Waals surface area (Å²) in [5, 5.41) is 3.49. The van der Waals surface area contributed by atoms with Gasteiger partial charge in [0, 0.05) is 0 Å². The van der Waals surface area contributed by atoms with Crippen molar-refractivity contribution in [2.75, 3.05) is 6.54 Å². The van der Waals surface area contributed by atoms with Gasteiger partial charge >= 0.3 is 129 Å². The Morgan fingerprint density at radius 1 is 0.950 bits per heavy atom. The van der Waals surface area contributed by atoms with E-state index in [0.29, 0.717) is 0 Å². The van der Waals surface area contributed by atoms with Gasteiger partial charge in [0.15, 0.2) is 0 Å². The van der Waals surface area contributed by atoms with E-state index in [-0.39, 0.29) is 0 Å². The first-order chi connectivity index (χ1) is 9.77. The summed E-state index contributed by atoms with van der Waals surface area (Å²) in [5.74, 6) is 0. The van der Waals surface area contributed by atoms with Crippen LogP contribution in [0.1, 0.15) is 29.5 Å². The van der Waals surface area contributed by atoms with E-state index in [2.05, 4.69) is 82.4 Å². The first-order valence-electron chi connectivity index (χ1n) is 7.15. The van der Waals surface area contributed by atoms with Crippen LogP contribution in [0.2, 0.25) is 0 Å². The van der Waals surface area contributed by atoms with Crippen molar-refractivity contribution in [1.29, 1.82) is 0 Å². The van der Waals surface area contributed by atoms with Crippen LogP contribution < -0.4 is 5.32 Å². The summed E-state index contributed by atoms with van der Waals surface area (Å²) in [6.07, 6.45) is 3.57. The van der Waals surface area contributed by atoms with Crippen molar-refractivity contribution in [3.63, 3.8) is 0 Å². The third-order valence-corrected chi connectivity index (χ3v) is 4.17. The summed E-state index contributed by atoms with van der Waals surface area (Å²) in [7, 11) is 0. The Hall–Kier alpha value is -1.37. The Balaban J connectivity index is 1.69. The van der Waals surface area contributed by atoms with Crippen LogP contribution in [0, 0.1) is 6.92 Å². The SMILES string of the molecule is Cc1ccccc1C(=[Se])NCCCCc1ccccc1. The van der Waals surface area contributed by atoms with E-state index in [4.69, 9.17) is 0 Å². The molecular weight excluding hydrogens is 309 g/mol. The quantitative estimate of drug-likeness (QED) is 0.607. The summed E-state index contributed by atoms with van der Waals surface area (Å²) in [5.41, 5.74) is 4.01. The molecule has 0 radical (unpaired) electrons. The minimum atomic E-state index is 1.02. The molecule has 2 aromatic rings. The molecule has 0 unspecified atom stereocenters. The van der Waals surface area contributed by atoms with Crippen LogP contribution in [-0.4, -0.2) is 26.7 Å². The zero-order valence-corrected chi connectivity index (χ0v) is 13.6. The van der Waals surface area contributed by atoms with Gasteiger partial charge in [0.05, 0.1) is 0 Å². The number of benzene rings is 2. The molecule has 0 heterocycles. The summed E-state index contributed by atoms with van der Waals surface area (Å²) < 4.78 is 1.16. The fourth-order valence-electron chi connectivity index (χ4n) is 2.22. The number of hydrogen-bond acceptors (Lipinski definition) is 1. The summed E-state index contributed by atoms with van der Waals surface area (Å²) in [4.78, 5) is 0. The molecule has 0 spiro atoms. The fourth-order valence-corrected chi connectivity index (χ4v) is 2.92. The number of hydrogen-bond donors (Lipinski definition) is 1. The molecule has 0 bridgehead atoms. The van der Waals surface area contributed by atoms with Crippen molar-refractivity contribution in [3.05, 3.63) is 71.3 Å². The molecule has 0 saturated heterocycles. The average Bonchev–Trinajstić information content (AvgIpc) is 2.48. The number of unbranched alkanes of at least 4 members (excludes halogenated alkanes) is 1. The second-order valence-corrected chi connectivity index (χ2v) is 5.87. The van der Waals surface area contributed by atoms with E-state index in [1.165, 1.54) is 29.5 Å². The van der Waals surface area contributed by atoms with Gasteiger partial charge in [-0.05, 0) is 0 Å². The van der Waals surface area contributed by atoms with Crippen molar-refractivity contribution in [2.45, 2.75) is 26.2 Å². The third kappa shape index (κ3) is 4.63. The second kappa shape index (κ2) is 8.04. The maximum absolute atomic E-state index is 3.49. The Morgan fingerprint density at radius 2 is 1.65 bits per heavy atom. The second-order valence-electron chi connectivity index (χ2n) is 5.01. The first kappa shape index (κ1) is 15.0. The predicted molar refractivity (Wildman–Crippen MR) is 88.4 cm³/mol. The molecular formula is C18H21NSe. The third-order valence-electron chi connectivity index (χ3n) is 3.41. The van der Waals surface area contributed by atoms with E-state index < -0.39 is 0 Å². The molecule has 0 fully saturated rings. The van der Waals surface area contributed by atoms with Gasteiger partial charge in [-0.25, -0.2) is 0 Å². The predicted octanol–water partition coefficient (Wildman–Crippen LogP) is 3.25. The van der Waals surface area contributed by atoms with Gasteiger partial charge in [-0.2, -0.15) is 0 Å². The molecule has 2 aromatic carbocycles. The normalized spacial score (nSPS) is 10.2. The molecule has 20 heavy (non-hydrogen) atoms. The molecule has 0 aliphatic carbocycles. The average molecular weight is 330 g/mol. The topological polar surface area (TPSA) is 12.0 Å². The van der Waals surface area contributed by atoms with E-state index in [0.717, 1.165) is 17.5 Å². The van der Waals surface area contributed by atoms with Gasteiger partial charge in [-0.3, -0.25) is 0 Å².